The first-order valence-corrected chi connectivity index (χ1v) is 7.08. The molecule has 0 unspecified atom stereocenters. The Morgan fingerprint density at radius 2 is 2.20 bits per heavy atom. The van der Waals surface area contributed by atoms with E-state index < -0.39 is 0 Å². The third-order valence-corrected chi connectivity index (χ3v) is 3.64. The van der Waals surface area contributed by atoms with Gasteiger partial charge in [0.05, 0.1) is 0 Å². The Kier molecular flexibility index (Phi) is 3.30. The van der Waals surface area contributed by atoms with Crippen LogP contribution in [0.2, 0.25) is 0 Å². The minimum absolute atomic E-state index is 0.0160. The van der Waals surface area contributed by atoms with E-state index in [0.717, 1.165) is 37.6 Å². The Morgan fingerprint density at radius 1 is 1.35 bits per heavy atom. The fraction of sp³-hybridized carbons (Fsp3) is 0.533. The van der Waals surface area contributed by atoms with E-state index in [1.54, 1.807) is 6.20 Å². The molecule has 0 aromatic carbocycles. The van der Waals surface area contributed by atoms with Gasteiger partial charge in [-0.05, 0) is 6.07 Å². The molecule has 3 heterocycles. The molecule has 0 amide bonds. The van der Waals surface area contributed by atoms with Gasteiger partial charge in [-0.2, -0.15) is 5.10 Å². The molecule has 0 fully saturated rings. The van der Waals surface area contributed by atoms with Crippen LogP contribution in [0, 0.1) is 0 Å². The van der Waals surface area contributed by atoms with Crippen molar-refractivity contribution in [1.82, 2.24) is 25.1 Å². The van der Waals surface area contributed by atoms with Gasteiger partial charge in [-0.25, -0.2) is 9.97 Å². The molecule has 5 nitrogen and oxygen atoms in total. The van der Waals surface area contributed by atoms with Crippen molar-refractivity contribution in [3.8, 4) is 0 Å². The fourth-order valence-electron chi connectivity index (χ4n) is 2.48. The second kappa shape index (κ2) is 4.98. The molecule has 2 aromatic rings. The molecule has 0 atom stereocenters. The number of nitrogens with one attached hydrogen (secondary N) is 1. The zero-order valence-corrected chi connectivity index (χ0v) is 12.3. The van der Waals surface area contributed by atoms with Crippen LogP contribution in [0.3, 0.4) is 0 Å². The van der Waals surface area contributed by atoms with E-state index in [1.807, 2.05) is 12.3 Å². The number of aromatic amines is 1. The lowest BCUT2D eigenvalue weighted by molar-refractivity contribution is 0.239. The van der Waals surface area contributed by atoms with Crippen LogP contribution in [0.15, 0.2) is 18.5 Å². The lowest BCUT2D eigenvalue weighted by Crippen LogP contribution is -2.32. The van der Waals surface area contributed by atoms with Gasteiger partial charge in [0.25, 0.3) is 0 Å². The van der Waals surface area contributed by atoms with Crippen molar-refractivity contribution in [3.63, 3.8) is 0 Å². The molecule has 2 aromatic heterocycles. The average Bonchev–Trinajstić information content (AvgIpc) is 2.90. The van der Waals surface area contributed by atoms with E-state index in [4.69, 9.17) is 4.98 Å². The number of hydrogen-bond donors (Lipinski definition) is 1. The lowest BCUT2D eigenvalue weighted by atomic mass is 9.95. The summed E-state index contributed by atoms with van der Waals surface area (Å²) in [7, 11) is 0. The third kappa shape index (κ3) is 2.72. The first-order chi connectivity index (χ1) is 9.52. The smallest absolute Gasteiger partial charge is 0.133 e. The van der Waals surface area contributed by atoms with Gasteiger partial charge in [0, 0.05) is 60.8 Å². The Morgan fingerprint density at radius 3 is 2.90 bits per heavy atom. The Labute approximate surface area is 119 Å². The van der Waals surface area contributed by atoms with Gasteiger partial charge in [-0.1, -0.05) is 20.8 Å². The number of hydrogen-bond acceptors (Lipinski definition) is 4. The molecule has 20 heavy (non-hydrogen) atoms. The summed E-state index contributed by atoms with van der Waals surface area (Å²) in [4.78, 5) is 11.7. The van der Waals surface area contributed by atoms with Crippen LogP contribution in [-0.2, 0) is 24.9 Å². The standard InChI is InChI=1S/C15H21N5/c1-15(2,3)14-16-8-11-9-20(7-5-13(11)18-14)10-12-4-6-17-19-12/h4,6,8H,5,7,9-10H2,1-3H3,(H,17,19). The van der Waals surface area contributed by atoms with Gasteiger partial charge in [0.2, 0.25) is 0 Å². The van der Waals surface area contributed by atoms with Crippen LogP contribution < -0.4 is 0 Å². The molecule has 0 bridgehead atoms. The minimum atomic E-state index is 0.0160. The largest absolute Gasteiger partial charge is 0.293 e. The monoisotopic (exact) mass is 271 g/mol. The normalized spacial score (nSPS) is 16.1. The van der Waals surface area contributed by atoms with E-state index in [-0.39, 0.29) is 5.41 Å². The summed E-state index contributed by atoms with van der Waals surface area (Å²) < 4.78 is 0. The molecule has 3 rings (SSSR count). The minimum Gasteiger partial charge on any atom is -0.293 e. The van der Waals surface area contributed by atoms with Crippen LogP contribution in [0.25, 0.3) is 0 Å². The van der Waals surface area contributed by atoms with Crippen LogP contribution >= 0.6 is 0 Å². The maximum Gasteiger partial charge on any atom is 0.133 e. The molecule has 1 aliphatic heterocycles. The molecular formula is C15H21N5. The Balaban J connectivity index is 1.75. The maximum absolute atomic E-state index is 4.76. The highest BCUT2D eigenvalue weighted by molar-refractivity contribution is 5.22. The van der Waals surface area contributed by atoms with Gasteiger partial charge in [-0.3, -0.25) is 10.00 Å². The first-order valence-electron chi connectivity index (χ1n) is 7.08. The second-order valence-corrected chi connectivity index (χ2v) is 6.46. The molecule has 5 heteroatoms. The maximum atomic E-state index is 4.76. The summed E-state index contributed by atoms with van der Waals surface area (Å²) in [6.07, 6.45) is 4.79. The van der Waals surface area contributed by atoms with Gasteiger partial charge in [0.1, 0.15) is 5.82 Å². The van der Waals surface area contributed by atoms with E-state index in [2.05, 4.69) is 40.9 Å². The number of fused-ring (bicyclic) bond motifs is 1. The molecule has 1 aliphatic rings. The highest BCUT2D eigenvalue weighted by Gasteiger charge is 2.22. The Hall–Kier alpha value is -1.75. The van der Waals surface area contributed by atoms with Crippen LogP contribution in [0.5, 0.6) is 0 Å². The zero-order valence-electron chi connectivity index (χ0n) is 12.3. The van der Waals surface area contributed by atoms with Crippen molar-refractivity contribution >= 4 is 0 Å². The molecular weight excluding hydrogens is 250 g/mol. The molecule has 0 saturated carbocycles. The predicted molar refractivity (Wildman–Crippen MR) is 77.1 cm³/mol. The molecule has 1 N–H and O–H groups in total. The quantitative estimate of drug-likeness (QED) is 0.908. The molecule has 0 radical (unpaired) electrons. The first kappa shape index (κ1) is 13.2. The van der Waals surface area contributed by atoms with Gasteiger partial charge >= 0.3 is 0 Å². The van der Waals surface area contributed by atoms with E-state index in [1.165, 1.54) is 11.3 Å². The second-order valence-electron chi connectivity index (χ2n) is 6.46. The van der Waals surface area contributed by atoms with Crippen molar-refractivity contribution < 1.29 is 0 Å². The molecule has 0 aliphatic carbocycles. The topological polar surface area (TPSA) is 57.7 Å². The van der Waals surface area contributed by atoms with Crippen molar-refractivity contribution in [3.05, 3.63) is 41.2 Å². The van der Waals surface area contributed by atoms with E-state index in [9.17, 15) is 0 Å². The summed E-state index contributed by atoms with van der Waals surface area (Å²) in [5.74, 6) is 0.943. The lowest BCUT2D eigenvalue weighted by Gasteiger charge is -2.28. The van der Waals surface area contributed by atoms with Crippen molar-refractivity contribution in [2.24, 2.45) is 0 Å². The summed E-state index contributed by atoms with van der Waals surface area (Å²) in [5.41, 5.74) is 3.64. The van der Waals surface area contributed by atoms with Crippen molar-refractivity contribution in [1.29, 1.82) is 0 Å². The molecule has 0 saturated heterocycles. The van der Waals surface area contributed by atoms with Gasteiger partial charge in [0.15, 0.2) is 0 Å². The molecule has 106 valence electrons. The van der Waals surface area contributed by atoms with Gasteiger partial charge in [-0.15, -0.1) is 0 Å². The highest BCUT2D eigenvalue weighted by atomic mass is 15.2. The van der Waals surface area contributed by atoms with Crippen LogP contribution in [0.1, 0.15) is 43.5 Å². The highest BCUT2D eigenvalue weighted by Crippen LogP contribution is 2.22. The summed E-state index contributed by atoms with van der Waals surface area (Å²) in [5, 5.41) is 7.01. The van der Waals surface area contributed by atoms with E-state index >= 15 is 0 Å². The summed E-state index contributed by atoms with van der Waals surface area (Å²) >= 11 is 0. The number of rotatable bonds is 2. The van der Waals surface area contributed by atoms with Crippen LogP contribution in [-0.4, -0.2) is 31.6 Å². The fourth-order valence-corrected chi connectivity index (χ4v) is 2.48. The number of nitrogens with zero attached hydrogens (tertiary/aromatic N) is 4. The Bertz CT molecular complexity index is 583. The van der Waals surface area contributed by atoms with Gasteiger partial charge < -0.3 is 0 Å². The van der Waals surface area contributed by atoms with Crippen LogP contribution in [0.4, 0.5) is 0 Å². The van der Waals surface area contributed by atoms with Crippen molar-refractivity contribution in [2.75, 3.05) is 6.54 Å². The number of aromatic nitrogens is 4. The van der Waals surface area contributed by atoms with Crippen molar-refractivity contribution in [2.45, 2.75) is 45.7 Å². The number of H-pyrrole nitrogens is 1. The third-order valence-electron chi connectivity index (χ3n) is 3.64. The summed E-state index contributed by atoms with van der Waals surface area (Å²) in [6, 6.07) is 2.02. The zero-order chi connectivity index (χ0) is 14.2. The molecule has 0 spiro atoms. The SMILES string of the molecule is CC(C)(C)c1ncc2c(n1)CCN(Cc1ccn[nH]1)C2. The van der Waals surface area contributed by atoms with E-state index in [0.29, 0.717) is 0 Å². The summed E-state index contributed by atoms with van der Waals surface area (Å²) in [6.45, 7) is 9.32. The average molecular weight is 271 g/mol. The predicted octanol–water partition coefficient (Wildman–Crippen LogP) is 2.06.